The zero-order valence-electron chi connectivity index (χ0n) is 15.0. The summed E-state index contributed by atoms with van der Waals surface area (Å²) < 4.78 is 6.97. The van der Waals surface area contributed by atoms with Crippen LogP contribution in [0.4, 0.5) is 0 Å². The molecule has 3 aromatic rings. The normalized spacial score (nSPS) is 14.7. The lowest BCUT2D eigenvalue weighted by Gasteiger charge is -2.17. The molecule has 1 saturated carbocycles. The van der Waals surface area contributed by atoms with Crippen molar-refractivity contribution < 1.29 is 14.3 Å². The molecule has 1 aliphatic rings. The highest BCUT2D eigenvalue weighted by Crippen LogP contribution is 2.24. The van der Waals surface area contributed by atoms with Crippen LogP contribution in [0.5, 0.6) is 0 Å². The lowest BCUT2D eigenvalue weighted by atomic mass is 10.1. The molecule has 2 heterocycles. The van der Waals surface area contributed by atoms with Crippen molar-refractivity contribution >= 4 is 17.7 Å². The second-order valence-electron chi connectivity index (χ2n) is 6.67. The maximum absolute atomic E-state index is 12.6. The van der Waals surface area contributed by atoms with E-state index < -0.39 is 12.1 Å². The Morgan fingerprint density at radius 1 is 1.19 bits per heavy atom. The fourth-order valence-electron chi connectivity index (χ4n) is 2.82. The lowest BCUT2D eigenvalue weighted by Crippen LogP contribution is -2.33. The van der Waals surface area contributed by atoms with E-state index in [0.717, 1.165) is 24.2 Å². The second-order valence-corrected chi connectivity index (χ2v) is 6.67. The first kappa shape index (κ1) is 17.1. The van der Waals surface area contributed by atoms with E-state index in [9.17, 15) is 9.59 Å². The number of amides is 1. The first-order valence-corrected chi connectivity index (χ1v) is 8.78. The van der Waals surface area contributed by atoms with Gasteiger partial charge in [-0.15, -0.1) is 5.10 Å². The summed E-state index contributed by atoms with van der Waals surface area (Å²) >= 11 is 0. The van der Waals surface area contributed by atoms with Crippen LogP contribution in [0, 0.1) is 13.8 Å². The smallest absolute Gasteiger partial charge is 0.379 e. The number of carbonyl (C=O) groups is 2. The summed E-state index contributed by atoms with van der Waals surface area (Å²) in [4.78, 5) is 33.6. The van der Waals surface area contributed by atoms with Crippen molar-refractivity contribution in [3.63, 3.8) is 0 Å². The minimum absolute atomic E-state index is 0.128. The molecule has 0 bridgehead atoms. The first-order chi connectivity index (χ1) is 13.0. The number of fused-ring (bicyclic) bond motifs is 1. The number of aryl methyl sites for hydroxylation is 2. The molecular weight excluding hydrogens is 346 g/mol. The number of nitrogens with one attached hydrogen (secondary N) is 1. The van der Waals surface area contributed by atoms with Crippen molar-refractivity contribution in [1.82, 2.24) is 24.9 Å². The number of carbonyl (C=O) groups excluding carboxylic acids is 2. The summed E-state index contributed by atoms with van der Waals surface area (Å²) in [6.45, 7) is 3.69. The van der Waals surface area contributed by atoms with Crippen LogP contribution in [0.3, 0.4) is 0 Å². The van der Waals surface area contributed by atoms with Crippen LogP contribution in [0.15, 0.2) is 36.4 Å². The summed E-state index contributed by atoms with van der Waals surface area (Å²) in [6.07, 6.45) is 0.834. The molecule has 8 nitrogen and oxygen atoms in total. The van der Waals surface area contributed by atoms with Gasteiger partial charge < -0.3 is 10.1 Å². The number of ether oxygens (including phenoxy) is 1. The number of benzene rings is 1. The largest absolute Gasteiger partial charge is 0.441 e. The monoisotopic (exact) mass is 365 g/mol. The third kappa shape index (κ3) is 3.64. The summed E-state index contributed by atoms with van der Waals surface area (Å²) in [5, 5.41) is 7.05. The topological polar surface area (TPSA) is 98.5 Å². The zero-order valence-corrected chi connectivity index (χ0v) is 15.0. The molecule has 1 amide bonds. The molecule has 1 atom stereocenters. The number of hydrogen-bond donors (Lipinski definition) is 1. The fraction of sp³-hybridized carbons (Fsp3) is 0.316. The fourth-order valence-corrected chi connectivity index (χ4v) is 2.82. The van der Waals surface area contributed by atoms with Crippen LogP contribution in [-0.4, -0.2) is 37.5 Å². The molecule has 0 saturated heterocycles. The van der Waals surface area contributed by atoms with Gasteiger partial charge in [0.1, 0.15) is 0 Å². The minimum Gasteiger partial charge on any atom is -0.441 e. The lowest BCUT2D eigenvalue weighted by molar-refractivity contribution is -0.130. The van der Waals surface area contributed by atoms with Gasteiger partial charge in [-0.3, -0.25) is 4.79 Å². The first-order valence-electron chi connectivity index (χ1n) is 8.78. The molecule has 27 heavy (non-hydrogen) atoms. The highest BCUT2D eigenvalue weighted by Gasteiger charge is 2.32. The Morgan fingerprint density at radius 3 is 2.63 bits per heavy atom. The maximum atomic E-state index is 12.6. The standard InChI is InChI=1S/C19H19N5O3/c1-11-10-12(2)24-19(20-11)22-16(23-24)18(26)27-15(13-6-4-3-5-7-13)17(25)21-14-8-9-14/h3-7,10,14-15H,8-9H2,1-2H3,(H,21,25)/t15-/m0/s1. The van der Waals surface area contributed by atoms with E-state index in [1.54, 1.807) is 24.3 Å². The summed E-state index contributed by atoms with van der Waals surface area (Å²) in [6, 6.07) is 10.9. The quantitative estimate of drug-likeness (QED) is 0.694. The third-order valence-electron chi connectivity index (χ3n) is 4.29. The molecule has 1 N–H and O–H groups in total. The predicted molar refractivity (Wildman–Crippen MR) is 96.0 cm³/mol. The molecule has 0 radical (unpaired) electrons. The molecule has 0 unspecified atom stereocenters. The van der Waals surface area contributed by atoms with E-state index >= 15 is 0 Å². The average Bonchev–Trinajstić information content (AvgIpc) is 3.35. The molecule has 8 heteroatoms. The molecule has 4 rings (SSSR count). The Balaban J connectivity index is 1.61. The van der Waals surface area contributed by atoms with E-state index in [1.807, 2.05) is 26.0 Å². The Hall–Kier alpha value is -3.29. The van der Waals surface area contributed by atoms with Gasteiger partial charge in [-0.1, -0.05) is 30.3 Å². The van der Waals surface area contributed by atoms with Crippen LogP contribution in [0.1, 0.15) is 46.5 Å². The summed E-state index contributed by atoms with van der Waals surface area (Å²) in [5.41, 5.74) is 2.17. The molecule has 1 aliphatic carbocycles. The van der Waals surface area contributed by atoms with E-state index in [2.05, 4.69) is 20.4 Å². The Kier molecular flexibility index (Phi) is 4.31. The summed E-state index contributed by atoms with van der Waals surface area (Å²) in [5.74, 6) is -0.919. The van der Waals surface area contributed by atoms with Crippen LogP contribution in [-0.2, 0) is 9.53 Å². The second kappa shape index (κ2) is 6.79. The van der Waals surface area contributed by atoms with E-state index in [0.29, 0.717) is 11.3 Å². The van der Waals surface area contributed by atoms with E-state index in [4.69, 9.17) is 4.74 Å². The number of esters is 1. The van der Waals surface area contributed by atoms with Crippen LogP contribution >= 0.6 is 0 Å². The van der Waals surface area contributed by atoms with Gasteiger partial charge in [-0.2, -0.15) is 4.98 Å². The Bertz CT molecular complexity index is 1010. The Morgan fingerprint density at radius 2 is 1.93 bits per heavy atom. The molecule has 1 fully saturated rings. The average molecular weight is 365 g/mol. The van der Waals surface area contributed by atoms with Crippen LogP contribution in [0.25, 0.3) is 5.78 Å². The minimum atomic E-state index is -1.05. The van der Waals surface area contributed by atoms with Gasteiger partial charge in [0.25, 0.3) is 17.5 Å². The maximum Gasteiger partial charge on any atom is 0.379 e. The van der Waals surface area contributed by atoms with E-state index in [-0.39, 0.29) is 17.8 Å². The van der Waals surface area contributed by atoms with Gasteiger partial charge in [0, 0.05) is 23.0 Å². The van der Waals surface area contributed by atoms with Crippen molar-refractivity contribution in [3.05, 3.63) is 59.2 Å². The number of hydrogen-bond acceptors (Lipinski definition) is 6. The van der Waals surface area contributed by atoms with Crippen molar-refractivity contribution in [2.75, 3.05) is 0 Å². The SMILES string of the molecule is Cc1cc(C)n2nc(C(=O)O[C@H](C(=O)NC3CC3)c3ccccc3)nc2n1. The third-order valence-corrected chi connectivity index (χ3v) is 4.29. The molecular formula is C19H19N5O3. The number of aromatic nitrogens is 4. The zero-order chi connectivity index (χ0) is 19.0. The van der Waals surface area contributed by atoms with Crippen molar-refractivity contribution in [1.29, 1.82) is 0 Å². The number of rotatable bonds is 5. The van der Waals surface area contributed by atoms with Gasteiger partial charge in [0.05, 0.1) is 0 Å². The van der Waals surface area contributed by atoms with Gasteiger partial charge in [0.2, 0.25) is 6.10 Å². The molecule has 2 aromatic heterocycles. The predicted octanol–water partition coefficient (Wildman–Crippen LogP) is 1.92. The van der Waals surface area contributed by atoms with Crippen LogP contribution < -0.4 is 5.32 Å². The molecule has 138 valence electrons. The number of nitrogens with zero attached hydrogens (tertiary/aromatic N) is 4. The Labute approximate surface area is 155 Å². The van der Waals surface area contributed by atoms with Crippen molar-refractivity contribution in [2.45, 2.75) is 38.8 Å². The highest BCUT2D eigenvalue weighted by molar-refractivity contribution is 5.90. The van der Waals surface area contributed by atoms with E-state index in [1.165, 1.54) is 4.52 Å². The van der Waals surface area contributed by atoms with Crippen molar-refractivity contribution in [2.24, 2.45) is 0 Å². The van der Waals surface area contributed by atoms with Gasteiger partial charge >= 0.3 is 5.97 Å². The molecule has 1 aromatic carbocycles. The van der Waals surface area contributed by atoms with Gasteiger partial charge in [-0.05, 0) is 32.8 Å². The highest BCUT2D eigenvalue weighted by atomic mass is 16.5. The summed E-state index contributed by atoms with van der Waals surface area (Å²) in [7, 11) is 0. The van der Waals surface area contributed by atoms with Gasteiger partial charge in [-0.25, -0.2) is 14.3 Å². The van der Waals surface area contributed by atoms with Crippen LogP contribution in [0.2, 0.25) is 0 Å². The van der Waals surface area contributed by atoms with Gasteiger partial charge in [0.15, 0.2) is 0 Å². The van der Waals surface area contributed by atoms with Crippen molar-refractivity contribution in [3.8, 4) is 0 Å². The molecule has 0 spiro atoms. The molecule has 0 aliphatic heterocycles.